The minimum Gasteiger partial charge on any atom is -0.349 e. The standard InChI is InChI=1S/C18H25N5O2S/c1-12(2)20-18(25)23-6-4-16(21-17(24)13-5-7-26-11-13)15(10-23)14-8-19-22(3)9-14/h5,7-9,11-12,15-16H,4,6,10H2,1-3H3,(H,20,25)(H,21,24)/t15-,16+/m1/s1. The lowest BCUT2D eigenvalue weighted by atomic mass is 9.87. The molecule has 0 aromatic carbocycles. The molecule has 2 N–H and O–H groups in total. The Bertz CT molecular complexity index is 755. The highest BCUT2D eigenvalue weighted by Gasteiger charge is 2.34. The summed E-state index contributed by atoms with van der Waals surface area (Å²) >= 11 is 1.51. The van der Waals surface area contributed by atoms with Crippen molar-refractivity contribution in [1.29, 1.82) is 0 Å². The molecule has 2 aromatic heterocycles. The first kappa shape index (κ1) is 18.4. The fourth-order valence-electron chi connectivity index (χ4n) is 3.26. The van der Waals surface area contributed by atoms with Gasteiger partial charge in [0.2, 0.25) is 0 Å². The Morgan fingerprint density at radius 1 is 1.38 bits per heavy atom. The van der Waals surface area contributed by atoms with Crippen LogP contribution in [-0.4, -0.2) is 51.8 Å². The third-order valence-electron chi connectivity index (χ3n) is 4.57. The average molecular weight is 375 g/mol. The highest BCUT2D eigenvalue weighted by atomic mass is 32.1. The minimum atomic E-state index is -0.0646. The number of rotatable bonds is 4. The fourth-order valence-corrected chi connectivity index (χ4v) is 3.90. The van der Waals surface area contributed by atoms with E-state index in [-0.39, 0.29) is 29.9 Å². The van der Waals surface area contributed by atoms with Gasteiger partial charge in [0.25, 0.3) is 5.91 Å². The molecule has 2 aromatic rings. The summed E-state index contributed by atoms with van der Waals surface area (Å²) in [5, 5.41) is 14.1. The van der Waals surface area contributed by atoms with Gasteiger partial charge >= 0.3 is 6.03 Å². The third-order valence-corrected chi connectivity index (χ3v) is 5.25. The SMILES string of the molecule is CC(C)NC(=O)N1CC[C@H](NC(=O)c2ccsc2)[C@@H](c2cnn(C)c2)C1. The van der Waals surface area contributed by atoms with Crippen molar-refractivity contribution in [2.24, 2.45) is 7.05 Å². The van der Waals surface area contributed by atoms with Gasteiger partial charge in [0.15, 0.2) is 0 Å². The summed E-state index contributed by atoms with van der Waals surface area (Å²) < 4.78 is 1.75. The predicted octanol–water partition coefficient (Wildman–Crippen LogP) is 2.19. The van der Waals surface area contributed by atoms with Gasteiger partial charge in [0, 0.05) is 55.3 Å². The van der Waals surface area contributed by atoms with Crippen molar-refractivity contribution in [1.82, 2.24) is 25.3 Å². The number of piperidine rings is 1. The van der Waals surface area contributed by atoms with Crippen LogP contribution in [-0.2, 0) is 7.05 Å². The molecule has 0 saturated carbocycles. The van der Waals surface area contributed by atoms with E-state index in [1.165, 1.54) is 11.3 Å². The zero-order chi connectivity index (χ0) is 18.7. The molecule has 1 aliphatic heterocycles. The Kier molecular flexibility index (Phi) is 5.61. The van der Waals surface area contributed by atoms with Gasteiger partial charge in [-0.2, -0.15) is 16.4 Å². The van der Waals surface area contributed by atoms with Crippen LogP contribution in [0, 0.1) is 0 Å². The van der Waals surface area contributed by atoms with Gasteiger partial charge in [-0.05, 0) is 37.3 Å². The summed E-state index contributed by atoms with van der Waals surface area (Å²) in [6.45, 7) is 5.07. The van der Waals surface area contributed by atoms with Crippen molar-refractivity contribution in [2.45, 2.75) is 38.3 Å². The lowest BCUT2D eigenvalue weighted by Crippen LogP contribution is -2.54. The molecule has 26 heavy (non-hydrogen) atoms. The van der Waals surface area contributed by atoms with E-state index in [1.807, 2.05) is 55.0 Å². The molecule has 0 aliphatic carbocycles. The first-order chi connectivity index (χ1) is 12.4. The maximum atomic E-state index is 12.5. The van der Waals surface area contributed by atoms with Crippen LogP contribution in [0.5, 0.6) is 0 Å². The molecule has 3 amide bonds. The zero-order valence-corrected chi connectivity index (χ0v) is 16.1. The molecule has 0 bridgehead atoms. The van der Waals surface area contributed by atoms with Gasteiger partial charge in [-0.25, -0.2) is 4.79 Å². The molecule has 140 valence electrons. The quantitative estimate of drug-likeness (QED) is 0.860. The van der Waals surface area contributed by atoms with Crippen molar-refractivity contribution < 1.29 is 9.59 Å². The smallest absolute Gasteiger partial charge is 0.317 e. The molecule has 3 rings (SSSR count). The summed E-state index contributed by atoms with van der Waals surface area (Å²) in [5.41, 5.74) is 1.71. The highest BCUT2D eigenvalue weighted by Crippen LogP contribution is 2.27. The lowest BCUT2D eigenvalue weighted by molar-refractivity contribution is 0.0906. The van der Waals surface area contributed by atoms with Crippen molar-refractivity contribution in [2.75, 3.05) is 13.1 Å². The van der Waals surface area contributed by atoms with E-state index in [1.54, 1.807) is 4.68 Å². The fraction of sp³-hybridized carbons (Fsp3) is 0.500. The maximum Gasteiger partial charge on any atom is 0.317 e. The number of nitrogens with one attached hydrogen (secondary N) is 2. The first-order valence-corrected chi connectivity index (χ1v) is 9.75. The van der Waals surface area contributed by atoms with Gasteiger partial charge in [0.1, 0.15) is 0 Å². The van der Waals surface area contributed by atoms with Crippen LogP contribution in [0.15, 0.2) is 29.2 Å². The number of nitrogens with zero attached hydrogens (tertiary/aromatic N) is 3. The van der Waals surface area contributed by atoms with E-state index < -0.39 is 0 Å². The van der Waals surface area contributed by atoms with Crippen molar-refractivity contribution in [3.63, 3.8) is 0 Å². The molecular weight excluding hydrogens is 350 g/mol. The molecule has 2 atom stereocenters. The second-order valence-electron chi connectivity index (χ2n) is 6.98. The molecule has 0 spiro atoms. The average Bonchev–Trinajstić information content (AvgIpc) is 3.26. The summed E-state index contributed by atoms with van der Waals surface area (Å²) in [6, 6.07) is 1.83. The molecule has 1 saturated heterocycles. The molecule has 8 heteroatoms. The molecule has 0 radical (unpaired) electrons. The summed E-state index contributed by atoms with van der Waals surface area (Å²) in [7, 11) is 1.87. The first-order valence-electron chi connectivity index (χ1n) is 8.81. The highest BCUT2D eigenvalue weighted by molar-refractivity contribution is 7.08. The Hall–Kier alpha value is -2.35. The number of aryl methyl sites for hydroxylation is 1. The van der Waals surface area contributed by atoms with E-state index in [2.05, 4.69) is 15.7 Å². The second-order valence-corrected chi connectivity index (χ2v) is 7.76. The van der Waals surface area contributed by atoms with Gasteiger partial charge in [-0.1, -0.05) is 0 Å². The van der Waals surface area contributed by atoms with Gasteiger partial charge in [0.05, 0.1) is 6.20 Å². The van der Waals surface area contributed by atoms with Crippen LogP contribution in [0.4, 0.5) is 4.79 Å². The zero-order valence-electron chi connectivity index (χ0n) is 15.3. The van der Waals surface area contributed by atoms with Crippen molar-refractivity contribution >= 4 is 23.3 Å². The topological polar surface area (TPSA) is 79.3 Å². The number of carbonyl (C=O) groups is 2. The van der Waals surface area contributed by atoms with Crippen molar-refractivity contribution in [3.8, 4) is 0 Å². The Balaban J connectivity index is 1.76. The molecule has 3 heterocycles. The number of likely N-dealkylation sites (tertiary alicyclic amines) is 1. The van der Waals surface area contributed by atoms with Crippen LogP contribution in [0.1, 0.15) is 42.1 Å². The number of hydrogen-bond acceptors (Lipinski definition) is 4. The van der Waals surface area contributed by atoms with Crippen LogP contribution in [0.2, 0.25) is 0 Å². The number of hydrogen-bond donors (Lipinski definition) is 2. The Morgan fingerprint density at radius 3 is 2.81 bits per heavy atom. The summed E-state index contributed by atoms with van der Waals surface area (Å²) in [5.74, 6) is -0.0526. The van der Waals surface area contributed by atoms with E-state index in [9.17, 15) is 9.59 Å². The number of carbonyl (C=O) groups excluding carboxylic acids is 2. The lowest BCUT2D eigenvalue weighted by Gasteiger charge is -2.38. The van der Waals surface area contributed by atoms with Gasteiger partial charge < -0.3 is 15.5 Å². The largest absolute Gasteiger partial charge is 0.349 e. The second kappa shape index (κ2) is 7.90. The van der Waals surface area contributed by atoms with Crippen LogP contribution >= 0.6 is 11.3 Å². The summed E-state index contributed by atoms with van der Waals surface area (Å²) in [4.78, 5) is 26.7. The number of thiophene rings is 1. The third kappa shape index (κ3) is 4.24. The van der Waals surface area contributed by atoms with Crippen LogP contribution in [0.3, 0.4) is 0 Å². The van der Waals surface area contributed by atoms with E-state index in [0.717, 1.165) is 5.56 Å². The minimum absolute atomic E-state index is 0.0120. The molecule has 7 nitrogen and oxygen atoms in total. The van der Waals surface area contributed by atoms with Crippen LogP contribution < -0.4 is 10.6 Å². The molecular formula is C18H25N5O2S. The Labute approximate surface area is 157 Å². The molecule has 1 fully saturated rings. The van der Waals surface area contributed by atoms with E-state index in [4.69, 9.17) is 0 Å². The van der Waals surface area contributed by atoms with E-state index >= 15 is 0 Å². The monoisotopic (exact) mass is 375 g/mol. The van der Waals surface area contributed by atoms with Crippen molar-refractivity contribution in [3.05, 3.63) is 40.3 Å². The number of aromatic nitrogens is 2. The van der Waals surface area contributed by atoms with Gasteiger partial charge in [-0.3, -0.25) is 9.48 Å². The normalized spacial score (nSPS) is 20.2. The number of amides is 3. The number of urea groups is 1. The molecule has 0 unspecified atom stereocenters. The maximum absolute atomic E-state index is 12.5. The Morgan fingerprint density at radius 2 is 2.19 bits per heavy atom. The predicted molar refractivity (Wildman–Crippen MR) is 101 cm³/mol. The van der Waals surface area contributed by atoms with E-state index in [0.29, 0.717) is 25.1 Å². The van der Waals surface area contributed by atoms with Crippen LogP contribution in [0.25, 0.3) is 0 Å². The van der Waals surface area contributed by atoms with Gasteiger partial charge in [-0.15, -0.1) is 0 Å². The molecule has 1 aliphatic rings. The summed E-state index contributed by atoms with van der Waals surface area (Å²) in [6.07, 6.45) is 4.48.